The Kier molecular flexibility index (Phi) is 4.87. The molecule has 0 aromatic rings. The van der Waals surface area contributed by atoms with Crippen molar-refractivity contribution in [2.24, 2.45) is 28.2 Å². The van der Waals surface area contributed by atoms with Crippen LogP contribution >= 0.6 is 0 Å². The van der Waals surface area contributed by atoms with Gasteiger partial charge >= 0.3 is 0 Å². The Hall–Kier alpha value is -1.47. The maximum absolute atomic E-state index is 13.0. The second-order valence-corrected chi connectivity index (χ2v) is 6.94. The average molecular weight is 302 g/mol. The summed E-state index contributed by atoms with van der Waals surface area (Å²) in [5.41, 5.74) is 0.527. The molecular formula is C18H26N2O2. The van der Waals surface area contributed by atoms with Crippen LogP contribution in [0.25, 0.3) is 0 Å². The van der Waals surface area contributed by atoms with Gasteiger partial charge in [0.2, 0.25) is 0 Å². The molecule has 22 heavy (non-hydrogen) atoms. The van der Waals surface area contributed by atoms with Gasteiger partial charge in [-0.2, -0.15) is 5.26 Å². The van der Waals surface area contributed by atoms with Gasteiger partial charge in [0, 0.05) is 25.2 Å². The predicted octanol–water partition coefficient (Wildman–Crippen LogP) is 3.53. The first-order chi connectivity index (χ1) is 10.4. The average Bonchev–Trinajstić information content (AvgIpc) is 2.58. The zero-order chi connectivity index (χ0) is 16.5. The summed E-state index contributed by atoms with van der Waals surface area (Å²) >= 11 is 0. The van der Waals surface area contributed by atoms with E-state index in [1.807, 2.05) is 19.9 Å². The van der Waals surface area contributed by atoms with Gasteiger partial charge in [0.1, 0.15) is 5.41 Å². The van der Waals surface area contributed by atoms with E-state index in [1.165, 1.54) is 0 Å². The normalized spacial score (nSPS) is 39.5. The van der Waals surface area contributed by atoms with Crippen molar-refractivity contribution in [3.63, 3.8) is 0 Å². The van der Waals surface area contributed by atoms with Gasteiger partial charge in [-0.05, 0) is 37.2 Å². The molecule has 5 atom stereocenters. The molecular weight excluding hydrogens is 276 g/mol. The number of ketones is 1. The molecule has 2 rings (SSSR count). The summed E-state index contributed by atoms with van der Waals surface area (Å²) in [6.45, 7) is 8.17. The maximum atomic E-state index is 13.0. The molecule has 0 amide bonds. The Balaban J connectivity index is 2.48. The van der Waals surface area contributed by atoms with Gasteiger partial charge in [-0.3, -0.25) is 9.79 Å². The monoisotopic (exact) mass is 302 g/mol. The molecule has 0 bridgehead atoms. The van der Waals surface area contributed by atoms with Crippen LogP contribution in [0.2, 0.25) is 0 Å². The molecule has 1 aliphatic heterocycles. The number of nitriles is 1. The number of methoxy groups -OCH3 is 1. The molecule has 0 spiro atoms. The van der Waals surface area contributed by atoms with E-state index in [0.29, 0.717) is 24.7 Å². The van der Waals surface area contributed by atoms with Crippen molar-refractivity contribution in [3.05, 3.63) is 11.6 Å². The Bertz CT molecular complexity index is 558. The van der Waals surface area contributed by atoms with E-state index in [0.717, 1.165) is 17.7 Å². The van der Waals surface area contributed by atoms with Crippen molar-refractivity contribution < 1.29 is 9.53 Å². The number of hydrogen-bond donors (Lipinski definition) is 0. The lowest BCUT2D eigenvalue weighted by atomic mass is 9.68. The molecule has 0 saturated heterocycles. The molecule has 120 valence electrons. The van der Waals surface area contributed by atoms with Crippen molar-refractivity contribution in [1.82, 2.24) is 0 Å². The number of aliphatic imine (C=N–C) groups is 1. The molecule has 0 radical (unpaired) electrons. The van der Waals surface area contributed by atoms with Crippen molar-refractivity contribution in [2.45, 2.75) is 53.2 Å². The summed E-state index contributed by atoms with van der Waals surface area (Å²) in [5.74, 6) is 0.751. The number of carbonyl (C=O) groups is 1. The van der Waals surface area contributed by atoms with Crippen LogP contribution in [0.5, 0.6) is 0 Å². The quantitative estimate of drug-likeness (QED) is 0.733. The summed E-state index contributed by atoms with van der Waals surface area (Å²) in [6, 6.07) is 2.38. The highest BCUT2D eigenvalue weighted by molar-refractivity contribution is 6.08. The first-order valence-corrected chi connectivity index (χ1v) is 8.09. The fourth-order valence-corrected chi connectivity index (χ4v) is 3.84. The highest BCUT2D eigenvalue weighted by Gasteiger charge is 2.49. The summed E-state index contributed by atoms with van der Waals surface area (Å²) in [6.07, 6.45) is 3.86. The van der Waals surface area contributed by atoms with E-state index in [9.17, 15) is 10.1 Å². The molecule has 1 aliphatic carbocycles. The third-order valence-electron chi connectivity index (χ3n) is 5.37. The topological polar surface area (TPSA) is 62.4 Å². The van der Waals surface area contributed by atoms with Crippen LogP contribution in [-0.2, 0) is 9.53 Å². The first-order valence-electron chi connectivity index (χ1n) is 8.09. The smallest absolute Gasteiger partial charge is 0.160 e. The second-order valence-electron chi connectivity index (χ2n) is 6.94. The van der Waals surface area contributed by atoms with Gasteiger partial charge in [-0.25, -0.2) is 0 Å². The fraction of sp³-hybridized carbons (Fsp3) is 0.722. The van der Waals surface area contributed by atoms with E-state index >= 15 is 0 Å². The zero-order valence-corrected chi connectivity index (χ0v) is 14.2. The van der Waals surface area contributed by atoms with Crippen LogP contribution in [0.4, 0.5) is 0 Å². The Labute approximate surface area is 133 Å². The van der Waals surface area contributed by atoms with E-state index in [2.05, 4.69) is 24.9 Å². The molecule has 4 nitrogen and oxygen atoms in total. The number of hydrogen-bond acceptors (Lipinski definition) is 4. The van der Waals surface area contributed by atoms with Crippen LogP contribution < -0.4 is 0 Å². The SMILES string of the molecule is COC1CC=C(C2(C#N)CC(C)C(C)CC(C)C2=O)C(C)=N1. The van der Waals surface area contributed by atoms with E-state index < -0.39 is 5.41 Å². The number of Topliss-reactive ketones (excluding diaryl/α,β-unsaturated/α-hetero) is 1. The number of ether oxygens (including phenoxy) is 1. The highest BCUT2D eigenvalue weighted by Crippen LogP contribution is 2.45. The molecule has 4 heteroatoms. The largest absolute Gasteiger partial charge is 0.359 e. The molecule has 1 heterocycles. The molecule has 2 aliphatic rings. The summed E-state index contributed by atoms with van der Waals surface area (Å²) in [4.78, 5) is 17.5. The summed E-state index contributed by atoms with van der Waals surface area (Å²) < 4.78 is 5.27. The van der Waals surface area contributed by atoms with Gasteiger partial charge in [0.15, 0.2) is 12.0 Å². The zero-order valence-electron chi connectivity index (χ0n) is 14.2. The molecule has 0 aromatic heterocycles. The van der Waals surface area contributed by atoms with Crippen LogP contribution in [0.1, 0.15) is 47.0 Å². The van der Waals surface area contributed by atoms with Gasteiger partial charge < -0.3 is 4.74 Å². The Morgan fingerprint density at radius 2 is 2.05 bits per heavy atom. The number of nitrogens with zero attached hydrogens (tertiary/aromatic N) is 2. The Morgan fingerprint density at radius 1 is 1.36 bits per heavy atom. The maximum Gasteiger partial charge on any atom is 0.160 e. The highest BCUT2D eigenvalue weighted by atomic mass is 16.5. The number of carbonyl (C=O) groups excluding carboxylic acids is 1. The molecule has 0 aromatic carbocycles. The van der Waals surface area contributed by atoms with Gasteiger partial charge in [0.05, 0.1) is 6.07 Å². The molecule has 0 N–H and O–H groups in total. The van der Waals surface area contributed by atoms with Crippen molar-refractivity contribution in [2.75, 3.05) is 7.11 Å². The van der Waals surface area contributed by atoms with E-state index in [1.54, 1.807) is 7.11 Å². The predicted molar refractivity (Wildman–Crippen MR) is 86.4 cm³/mol. The van der Waals surface area contributed by atoms with Gasteiger partial charge in [-0.15, -0.1) is 0 Å². The third kappa shape index (κ3) is 2.75. The van der Waals surface area contributed by atoms with E-state index in [-0.39, 0.29) is 17.9 Å². The van der Waals surface area contributed by atoms with Crippen LogP contribution in [0, 0.1) is 34.5 Å². The van der Waals surface area contributed by atoms with Gasteiger partial charge in [-0.1, -0.05) is 26.8 Å². The van der Waals surface area contributed by atoms with Crippen molar-refractivity contribution >= 4 is 11.5 Å². The number of allylic oxidation sites excluding steroid dienone is 1. The lowest BCUT2D eigenvalue weighted by molar-refractivity contribution is -0.127. The van der Waals surface area contributed by atoms with E-state index in [4.69, 9.17) is 4.74 Å². The van der Waals surface area contributed by atoms with Crippen molar-refractivity contribution in [3.8, 4) is 6.07 Å². The van der Waals surface area contributed by atoms with Crippen LogP contribution in [-0.4, -0.2) is 24.8 Å². The lowest BCUT2D eigenvalue weighted by Gasteiger charge is -2.32. The Morgan fingerprint density at radius 3 is 2.59 bits per heavy atom. The van der Waals surface area contributed by atoms with Crippen LogP contribution in [0.15, 0.2) is 16.6 Å². The van der Waals surface area contributed by atoms with Crippen molar-refractivity contribution in [1.29, 1.82) is 5.26 Å². The minimum absolute atomic E-state index is 0.0582. The minimum Gasteiger partial charge on any atom is -0.359 e. The van der Waals surface area contributed by atoms with Crippen LogP contribution in [0.3, 0.4) is 0 Å². The molecule has 5 unspecified atom stereocenters. The standard InChI is InChI=1S/C18H26N2O2/c1-11-8-12(2)17(21)18(10-19,9-13(11)3)15-6-7-16(22-5)20-14(15)4/h6,11-13,16H,7-9H2,1-5H3. The molecule has 1 saturated carbocycles. The molecule has 1 fully saturated rings. The minimum atomic E-state index is -1.05. The number of dihydropyridines is 1. The second kappa shape index (κ2) is 6.34. The third-order valence-corrected chi connectivity index (χ3v) is 5.37. The summed E-state index contributed by atoms with van der Waals surface area (Å²) in [5, 5.41) is 9.95. The first kappa shape index (κ1) is 16.9. The number of rotatable bonds is 2. The fourth-order valence-electron chi connectivity index (χ4n) is 3.84. The summed E-state index contributed by atoms with van der Waals surface area (Å²) in [7, 11) is 1.63. The lowest BCUT2D eigenvalue weighted by Crippen LogP contribution is -2.39. The van der Waals surface area contributed by atoms with Gasteiger partial charge in [0.25, 0.3) is 0 Å².